The van der Waals surface area contributed by atoms with E-state index in [1.807, 2.05) is 12.1 Å². The third kappa shape index (κ3) is 18.5. The van der Waals surface area contributed by atoms with Crippen molar-refractivity contribution in [3.05, 3.63) is 128 Å². The number of aromatic nitrogens is 6. The number of aliphatic hydroxyl groups is 1. The van der Waals surface area contributed by atoms with Crippen LogP contribution in [-0.4, -0.2) is 24.7 Å². The predicted octanol–water partition coefficient (Wildman–Crippen LogP) is 12.0. The van der Waals surface area contributed by atoms with E-state index in [1.54, 1.807) is 58.7 Å². The van der Waals surface area contributed by atoms with Crippen LogP contribution in [0.25, 0.3) is 0 Å². The fraction of sp³-hybridized carbons (Fsp3) is 0.185. The number of benzene rings is 3. The maximum Gasteiger partial charge on any atom is 0.265 e. The number of nitrogens with zero attached hydrogens (tertiary/aromatic N) is 6. The van der Waals surface area contributed by atoms with E-state index in [0.29, 0.717) is 33.2 Å². The molecule has 302 valence electrons. The van der Waals surface area contributed by atoms with Crippen molar-refractivity contribution < 1.29 is 73.4 Å². The Morgan fingerprint density at radius 3 is 1.30 bits per heavy atom. The molecule has 0 saturated carbocycles. The molecule has 0 amide bonds. The van der Waals surface area contributed by atoms with Gasteiger partial charge in [0, 0.05) is 53.0 Å². The molecule has 1 N–H and O–H groups in total. The normalized spacial score (nSPS) is 14.7. The maximum absolute atomic E-state index is 15.0. The Morgan fingerprint density at radius 1 is 0.593 bits per heavy atom. The van der Waals surface area contributed by atoms with Gasteiger partial charge in [-0.05, 0) is 30.3 Å². The SMILES string of the molecule is F[P-](F)(F)(F)(F)F.F[P-](F)(F)(F)(F)F.OC(Cn1c[n+](Cc2ccc(Cl)cc2Cl)cn1)(Cn1c[n+](Cc2ccc(Cl)cc2Cl)cn1)c1ccc(F)cc1F. The van der Waals surface area contributed by atoms with E-state index in [4.69, 9.17) is 46.4 Å². The molecule has 0 radical (unpaired) electrons. The first kappa shape index (κ1) is 45.3. The van der Waals surface area contributed by atoms with Crippen LogP contribution in [0.5, 0.6) is 0 Å². The average molecular weight is 916 g/mol. The topological polar surface area (TPSA) is 63.6 Å². The number of rotatable bonds is 9. The molecule has 27 heteroatoms. The number of halogens is 18. The van der Waals surface area contributed by atoms with E-state index in [9.17, 15) is 64.3 Å². The second kappa shape index (κ2) is 14.5. The minimum absolute atomic E-state index is 0.0977. The molecule has 0 fully saturated rings. The molecular weight excluding hydrogens is 894 g/mol. The Labute approximate surface area is 314 Å². The summed E-state index contributed by atoms with van der Waals surface area (Å²) in [5, 5.41) is 22.6. The first-order chi connectivity index (χ1) is 24.0. The first-order valence-electron chi connectivity index (χ1n) is 14.0. The third-order valence-electron chi connectivity index (χ3n) is 6.28. The second-order valence-electron chi connectivity index (χ2n) is 11.3. The van der Waals surface area contributed by atoms with E-state index >= 15 is 0 Å². The summed E-state index contributed by atoms with van der Waals surface area (Å²) in [6.45, 7) is 0.483. The van der Waals surface area contributed by atoms with Gasteiger partial charge in [0.15, 0.2) is 5.60 Å². The zero-order chi connectivity index (χ0) is 41.3. The van der Waals surface area contributed by atoms with Crippen molar-refractivity contribution in [3.63, 3.8) is 0 Å². The molecule has 0 spiro atoms. The smallest absolute Gasteiger partial charge is 0.265 e. The summed E-state index contributed by atoms with van der Waals surface area (Å²) in [6.07, 6.45) is 6.43. The fourth-order valence-electron chi connectivity index (χ4n) is 4.37. The number of hydrogen-bond donors (Lipinski definition) is 1. The van der Waals surface area contributed by atoms with E-state index in [0.717, 1.165) is 23.3 Å². The van der Waals surface area contributed by atoms with Crippen LogP contribution in [0.1, 0.15) is 16.7 Å². The van der Waals surface area contributed by atoms with Gasteiger partial charge in [-0.2, -0.15) is 0 Å². The summed E-state index contributed by atoms with van der Waals surface area (Å²) in [6, 6.07) is 13.4. The molecule has 2 heterocycles. The first-order valence-corrected chi connectivity index (χ1v) is 19.6. The van der Waals surface area contributed by atoms with Gasteiger partial charge in [0.2, 0.25) is 12.7 Å². The van der Waals surface area contributed by atoms with Crippen LogP contribution in [0.3, 0.4) is 0 Å². The molecule has 0 aliphatic carbocycles. The summed E-state index contributed by atoms with van der Waals surface area (Å²) >= 11 is 24.6. The zero-order valence-electron chi connectivity index (χ0n) is 26.2. The van der Waals surface area contributed by atoms with Crippen molar-refractivity contribution in [2.24, 2.45) is 0 Å². The van der Waals surface area contributed by atoms with Crippen molar-refractivity contribution in [2.45, 2.75) is 31.8 Å². The average Bonchev–Trinajstić information content (AvgIpc) is 3.56. The molecule has 0 atom stereocenters. The van der Waals surface area contributed by atoms with Crippen LogP contribution >= 0.6 is 62.0 Å². The second-order valence-corrected chi connectivity index (χ2v) is 16.8. The molecule has 0 saturated heterocycles. The maximum atomic E-state index is 15.0. The molecule has 7 nitrogen and oxygen atoms in total. The van der Waals surface area contributed by atoms with Crippen molar-refractivity contribution in [1.29, 1.82) is 0 Å². The van der Waals surface area contributed by atoms with E-state index < -0.39 is 32.9 Å². The van der Waals surface area contributed by atoms with E-state index in [-0.39, 0.29) is 18.7 Å². The molecule has 0 bridgehead atoms. The monoisotopic (exact) mass is 914 g/mol. The van der Waals surface area contributed by atoms with Crippen LogP contribution in [0, 0.1) is 11.6 Å². The van der Waals surface area contributed by atoms with Gasteiger partial charge < -0.3 is 5.11 Å². The molecule has 5 aromatic rings. The Bertz CT molecular complexity index is 1990. The molecule has 54 heavy (non-hydrogen) atoms. The van der Waals surface area contributed by atoms with Crippen LogP contribution in [-0.2, 0) is 31.8 Å². The summed E-state index contributed by atoms with van der Waals surface area (Å²) in [7, 11) is -21.3. The van der Waals surface area contributed by atoms with Crippen molar-refractivity contribution in [2.75, 3.05) is 0 Å². The Morgan fingerprint density at radius 2 is 0.963 bits per heavy atom. The van der Waals surface area contributed by atoms with Crippen molar-refractivity contribution in [1.82, 2.24) is 19.6 Å². The quantitative estimate of drug-likeness (QED) is 0.0910. The molecule has 0 unspecified atom stereocenters. The van der Waals surface area contributed by atoms with Crippen LogP contribution in [0.15, 0.2) is 79.9 Å². The van der Waals surface area contributed by atoms with Crippen LogP contribution in [0.4, 0.5) is 59.1 Å². The zero-order valence-corrected chi connectivity index (χ0v) is 31.0. The summed E-state index contributed by atoms with van der Waals surface area (Å²) in [5.41, 5.74) is -0.310. The van der Waals surface area contributed by atoms with Gasteiger partial charge in [0.1, 0.15) is 24.7 Å². The Hall–Kier alpha value is -3.06. The van der Waals surface area contributed by atoms with Gasteiger partial charge in [-0.1, -0.05) is 64.6 Å². The molecule has 5 rings (SSSR count). The Balaban J connectivity index is 0.000000476. The van der Waals surface area contributed by atoms with Gasteiger partial charge >= 0.3 is 66.0 Å². The van der Waals surface area contributed by atoms with Gasteiger partial charge in [-0.3, -0.25) is 0 Å². The summed E-state index contributed by atoms with van der Waals surface area (Å²) in [4.78, 5) is 0. The minimum Gasteiger partial charge on any atom is -0.378 e. The predicted molar refractivity (Wildman–Crippen MR) is 173 cm³/mol. The molecule has 3 aromatic carbocycles. The fourth-order valence-corrected chi connectivity index (χ4v) is 5.31. The third-order valence-corrected chi connectivity index (χ3v) is 7.45. The van der Waals surface area contributed by atoms with Crippen molar-refractivity contribution in [3.8, 4) is 0 Å². The van der Waals surface area contributed by atoms with Crippen LogP contribution in [0.2, 0.25) is 20.1 Å². The van der Waals surface area contributed by atoms with Gasteiger partial charge in [-0.15, -0.1) is 9.36 Å². The largest absolute Gasteiger partial charge is 0.378 e. The van der Waals surface area contributed by atoms with Gasteiger partial charge in [0.25, 0.3) is 12.7 Å². The molecular formula is C27H22Cl4F14N6OP2. The van der Waals surface area contributed by atoms with Crippen molar-refractivity contribution >= 4 is 62.0 Å². The van der Waals surface area contributed by atoms with Gasteiger partial charge in [-0.25, -0.2) is 17.9 Å². The molecule has 0 aliphatic heterocycles. The molecule has 2 aromatic heterocycles. The van der Waals surface area contributed by atoms with E-state index in [1.165, 1.54) is 15.4 Å². The minimum atomic E-state index is -10.7. The number of hydrogen-bond acceptors (Lipinski definition) is 3. The molecule has 0 aliphatic rings. The summed E-state index contributed by atoms with van der Waals surface area (Å²) in [5.74, 6) is -1.64. The van der Waals surface area contributed by atoms with Crippen LogP contribution < -0.4 is 9.13 Å². The standard InChI is InChI=1S/C27H22Cl4F2N6O.2F6P/c28-20-3-1-18(24(30)7-20)10-36-14-34-38(16-36)12-27(40,23-6-5-22(32)9-26(23)33)13-39-17-37(15-35-39)11-19-2-4-21(29)8-25(19)31;2*1-7(2,3,4,5)6/h1-9,14-17,40H,10-13H2;;/q+2;2*-1. The van der Waals surface area contributed by atoms with E-state index in [2.05, 4.69) is 10.2 Å². The summed E-state index contributed by atoms with van der Waals surface area (Å²) < 4.78 is 154. The van der Waals surface area contributed by atoms with Gasteiger partial charge in [0.05, 0.1) is 13.1 Å². The Kier molecular flexibility index (Phi) is 12.1.